The van der Waals surface area contributed by atoms with Crippen molar-refractivity contribution in [3.05, 3.63) is 35.9 Å². The summed E-state index contributed by atoms with van der Waals surface area (Å²) in [5.74, 6) is -1.13. The van der Waals surface area contributed by atoms with Crippen molar-refractivity contribution in [3.8, 4) is 0 Å². The zero-order valence-electron chi connectivity index (χ0n) is 10.8. The lowest BCUT2D eigenvalue weighted by Gasteiger charge is -2.18. The van der Waals surface area contributed by atoms with E-state index in [1.807, 2.05) is 0 Å². The van der Waals surface area contributed by atoms with Crippen LogP contribution in [0.3, 0.4) is 0 Å². The third kappa shape index (κ3) is 5.21. The van der Waals surface area contributed by atoms with E-state index in [-0.39, 0.29) is 5.56 Å². The maximum atomic E-state index is 10.1. The molecule has 0 heterocycles. The summed E-state index contributed by atoms with van der Waals surface area (Å²) in [6.45, 7) is 0. The molecule has 7 nitrogen and oxygen atoms in total. The van der Waals surface area contributed by atoms with Gasteiger partial charge < -0.3 is 9.90 Å². The first-order valence-electron chi connectivity index (χ1n) is 4.93. The highest BCUT2D eigenvalue weighted by Gasteiger charge is 2.31. The molecular weight excluding hydrogens is 242 g/mol. The molecule has 0 aliphatic carbocycles. The fourth-order valence-electron chi connectivity index (χ4n) is 1.02. The van der Waals surface area contributed by atoms with E-state index >= 15 is 0 Å². The Balaban J connectivity index is 0.000000321. The lowest BCUT2D eigenvalue weighted by Crippen LogP contribution is -2.43. The third-order valence-corrected chi connectivity index (χ3v) is 1.90. The number of carboxylic acids is 1. The van der Waals surface area contributed by atoms with Crippen molar-refractivity contribution >= 4 is 5.97 Å². The lowest BCUT2D eigenvalue weighted by molar-refractivity contribution is -1.47. The molecule has 0 spiro atoms. The summed E-state index contributed by atoms with van der Waals surface area (Å²) >= 11 is 0. The number of carboxylic acid groups (broad SMARTS) is 1. The van der Waals surface area contributed by atoms with Crippen LogP contribution in [0.1, 0.15) is 10.4 Å². The molecule has 7 heteroatoms. The van der Waals surface area contributed by atoms with Gasteiger partial charge in [0.05, 0.1) is 5.97 Å². The monoisotopic (exact) mass is 259 g/mol. The molecule has 0 N–H and O–H groups in total. The smallest absolute Gasteiger partial charge is 0.246 e. The van der Waals surface area contributed by atoms with Crippen molar-refractivity contribution in [2.75, 3.05) is 28.4 Å². The molecule has 0 saturated carbocycles. The van der Waals surface area contributed by atoms with Gasteiger partial charge in [0.25, 0.3) is 0 Å². The normalized spacial score (nSPS) is 10.4. The number of carbonyl (C=O) groups is 1. The second-order valence-electron chi connectivity index (χ2n) is 2.83. The van der Waals surface area contributed by atoms with Crippen molar-refractivity contribution in [1.82, 2.24) is 0 Å². The largest absolute Gasteiger partial charge is 0.545 e. The lowest BCUT2D eigenvalue weighted by atomic mass is 10.2. The minimum Gasteiger partial charge on any atom is -0.545 e. The summed E-state index contributed by atoms with van der Waals surface area (Å²) in [5.41, 5.74) is 0.220. The van der Waals surface area contributed by atoms with Crippen molar-refractivity contribution < 1.29 is 34.4 Å². The van der Waals surface area contributed by atoms with E-state index < -0.39 is 11.1 Å². The number of nitrogens with zero attached hydrogens (tertiary/aromatic N) is 1. The van der Waals surface area contributed by atoms with Gasteiger partial charge in [-0.1, -0.05) is 49.7 Å². The van der Waals surface area contributed by atoms with E-state index in [4.69, 9.17) is 0 Å². The molecule has 0 saturated heterocycles. The van der Waals surface area contributed by atoms with Gasteiger partial charge in [-0.25, -0.2) is 0 Å². The zero-order valence-corrected chi connectivity index (χ0v) is 10.8. The second kappa shape index (κ2) is 8.56. The zero-order chi connectivity index (χ0) is 14.0. The van der Waals surface area contributed by atoms with Crippen LogP contribution < -0.4 is 5.11 Å². The number of rotatable bonds is 5. The molecule has 0 aromatic heterocycles. The van der Waals surface area contributed by atoms with Crippen molar-refractivity contribution in [1.29, 1.82) is 0 Å². The fraction of sp³-hybridized carbons (Fsp3) is 0.364. The van der Waals surface area contributed by atoms with Gasteiger partial charge >= 0.3 is 0 Å². The summed E-state index contributed by atoms with van der Waals surface area (Å²) in [6, 6.07) is 8.06. The van der Waals surface area contributed by atoms with Crippen LogP contribution in [0.2, 0.25) is 0 Å². The molecular formula is C11H17NO6. The Morgan fingerprint density at radius 3 is 1.50 bits per heavy atom. The van der Waals surface area contributed by atoms with Crippen LogP contribution in [0.5, 0.6) is 0 Å². The quantitative estimate of drug-likeness (QED) is 0.551. The van der Waals surface area contributed by atoms with Crippen LogP contribution >= 0.6 is 0 Å². The number of quaternary nitrogens is 1. The van der Waals surface area contributed by atoms with Crippen LogP contribution in [0, 0.1) is 0 Å². The molecule has 0 fully saturated rings. The average Bonchev–Trinajstić information content (AvgIpc) is 2.44. The van der Waals surface area contributed by atoms with E-state index in [1.54, 1.807) is 18.2 Å². The number of carbonyl (C=O) groups excluding carboxylic acids is 1. The molecule has 0 radical (unpaired) electrons. The molecule has 0 amide bonds. The highest BCUT2D eigenvalue weighted by Crippen LogP contribution is 2.05. The number of hydrogen-bond donors (Lipinski definition) is 0. The number of hydrogen-bond acceptors (Lipinski definition) is 6. The predicted octanol–water partition coefficient (Wildman–Crippen LogP) is 0.0989. The molecule has 0 unspecified atom stereocenters. The first kappa shape index (κ1) is 16.5. The van der Waals surface area contributed by atoms with Gasteiger partial charge in [0.2, 0.25) is 5.14 Å². The Morgan fingerprint density at radius 1 is 0.944 bits per heavy atom. The van der Waals surface area contributed by atoms with Crippen LogP contribution in [0.4, 0.5) is 0 Å². The highest BCUT2D eigenvalue weighted by atomic mass is 17.4. The maximum absolute atomic E-state index is 10.1. The van der Waals surface area contributed by atoms with Crippen LogP contribution in [0.15, 0.2) is 30.3 Å². The van der Waals surface area contributed by atoms with Crippen LogP contribution in [-0.2, 0) is 19.4 Å². The second-order valence-corrected chi connectivity index (χ2v) is 2.83. The fourth-order valence-corrected chi connectivity index (χ4v) is 1.02. The van der Waals surface area contributed by atoms with E-state index in [0.717, 1.165) is 0 Å². The predicted molar refractivity (Wildman–Crippen MR) is 59.1 cm³/mol. The molecule has 0 atom stereocenters. The Kier molecular flexibility index (Phi) is 7.84. The van der Waals surface area contributed by atoms with Crippen molar-refractivity contribution in [2.45, 2.75) is 0 Å². The Labute approximate surface area is 105 Å². The van der Waals surface area contributed by atoms with Crippen LogP contribution in [-0.4, -0.2) is 39.5 Å². The van der Waals surface area contributed by atoms with Gasteiger partial charge in [0, 0.05) is 0 Å². The molecule has 0 aliphatic rings. The minimum atomic E-state index is -1.13. The summed E-state index contributed by atoms with van der Waals surface area (Å²) < 4.78 is 0. The van der Waals surface area contributed by atoms with E-state index in [1.165, 1.54) is 40.6 Å². The summed E-state index contributed by atoms with van der Waals surface area (Å²) in [6.07, 6.45) is 0. The van der Waals surface area contributed by atoms with Crippen molar-refractivity contribution in [3.63, 3.8) is 0 Å². The van der Waals surface area contributed by atoms with Gasteiger partial charge in [-0.05, 0) is 5.56 Å². The Morgan fingerprint density at radius 2 is 1.33 bits per heavy atom. The van der Waals surface area contributed by atoms with Gasteiger partial charge in [0.15, 0.2) is 0 Å². The summed E-state index contributed by atoms with van der Waals surface area (Å²) in [5, 5.41) is 9.37. The topological polar surface area (TPSA) is 77.0 Å². The van der Waals surface area contributed by atoms with Gasteiger partial charge in [-0.2, -0.15) is 0 Å². The van der Waals surface area contributed by atoms with E-state index in [2.05, 4.69) is 19.4 Å². The van der Waals surface area contributed by atoms with E-state index in [9.17, 15) is 9.90 Å². The molecule has 102 valence electrons. The molecule has 0 bridgehead atoms. The highest BCUT2D eigenvalue weighted by molar-refractivity contribution is 5.85. The molecule has 18 heavy (non-hydrogen) atoms. The third-order valence-electron chi connectivity index (χ3n) is 1.90. The van der Waals surface area contributed by atoms with Crippen LogP contribution in [0.25, 0.3) is 0 Å². The van der Waals surface area contributed by atoms with Crippen molar-refractivity contribution in [2.24, 2.45) is 0 Å². The Hall–Kier alpha value is -1.51. The summed E-state index contributed by atoms with van der Waals surface area (Å²) in [4.78, 5) is 28.7. The number of benzene rings is 1. The van der Waals surface area contributed by atoms with E-state index in [0.29, 0.717) is 0 Å². The SMILES string of the molecule is CO[N+](OC)(OC)OC.O=C([O-])c1ccccc1. The molecule has 1 aromatic rings. The van der Waals surface area contributed by atoms with Gasteiger partial charge in [-0.15, -0.1) is 0 Å². The molecule has 0 aliphatic heterocycles. The van der Waals surface area contributed by atoms with Gasteiger partial charge in [-0.3, -0.25) is 0 Å². The first-order chi connectivity index (χ1) is 8.55. The first-order valence-corrected chi connectivity index (χ1v) is 4.93. The molecule has 1 aromatic carbocycles. The van der Waals surface area contributed by atoms with Gasteiger partial charge in [0.1, 0.15) is 28.4 Å². The number of aromatic carboxylic acids is 1. The Bertz CT molecular complexity index is 321. The minimum absolute atomic E-state index is 0.220. The summed E-state index contributed by atoms with van der Waals surface area (Å²) in [7, 11) is 5.60. The standard InChI is InChI=1S/C7H6O2.C4H12NO4/c8-7(9)6-4-2-1-3-5-6;1-6-5(7-2,8-3)9-4/h1-5H,(H,8,9);1-4H3/q;+1/p-1. The maximum Gasteiger partial charge on any atom is 0.246 e. The average molecular weight is 259 g/mol. The molecule has 1 rings (SSSR count).